The summed E-state index contributed by atoms with van der Waals surface area (Å²) in [6.45, 7) is 0.235. The van der Waals surface area contributed by atoms with Gasteiger partial charge in [-0.3, -0.25) is 4.79 Å². The molecule has 1 aliphatic rings. The molecule has 6 heteroatoms. The van der Waals surface area contributed by atoms with Crippen molar-refractivity contribution in [1.29, 1.82) is 0 Å². The van der Waals surface area contributed by atoms with E-state index in [1.54, 1.807) is 11.3 Å². The average Bonchev–Trinajstić information content (AvgIpc) is 3.28. The quantitative estimate of drug-likeness (QED) is 0.757. The summed E-state index contributed by atoms with van der Waals surface area (Å²) in [4.78, 5) is 22.5. The van der Waals surface area contributed by atoms with Crippen LogP contribution in [0.25, 0.3) is 20.7 Å². The molecule has 0 spiro atoms. The van der Waals surface area contributed by atoms with Gasteiger partial charge in [0.05, 0.1) is 11.9 Å². The Bertz CT molecular complexity index is 842. The number of fused-ring (bicyclic) bond motifs is 1. The van der Waals surface area contributed by atoms with E-state index in [0.717, 1.165) is 33.5 Å². The maximum Gasteiger partial charge on any atom is 0.239 e. The number of carbonyl (C=O) groups is 1. The molecule has 1 amide bonds. The summed E-state index contributed by atoms with van der Waals surface area (Å²) in [5.74, 6) is 0.720. The third-order valence-electron chi connectivity index (χ3n) is 3.75. The van der Waals surface area contributed by atoms with E-state index in [1.807, 2.05) is 18.2 Å². The van der Waals surface area contributed by atoms with E-state index in [-0.39, 0.29) is 12.5 Å². The number of hydrogen-bond acceptors (Lipinski definition) is 5. The number of benzene rings is 1. The minimum absolute atomic E-state index is 0.0118. The second-order valence-corrected chi connectivity index (χ2v) is 6.64. The van der Waals surface area contributed by atoms with Gasteiger partial charge in [-0.15, -0.1) is 11.3 Å². The highest BCUT2D eigenvalue weighted by atomic mass is 32.1. The number of aromatic nitrogens is 2. The summed E-state index contributed by atoms with van der Waals surface area (Å²) in [6, 6.07) is 12.7. The van der Waals surface area contributed by atoms with Crippen molar-refractivity contribution in [3.05, 3.63) is 42.7 Å². The first-order valence-corrected chi connectivity index (χ1v) is 8.44. The van der Waals surface area contributed by atoms with Crippen LogP contribution >= 0.6 is 11.3 Å². The first-order valence-electron chi connectivity index (χ1n) is 7.63. The lowest BCUT2D eigenvalue weighted by atomic mass is 10.2. The van der Waals surface area contributed by atoms with Gasteiger partial charge in [-0.2, -0.15) is 0 Å². The zero-order chi connectivity index (χ0) is 15.6. The third-order valence-corrected chi connectivity index (χ3v) is 4.84. The molecular weight excluding hydrogens is 308 g/mol. The van der Waals surface area contributed by atoms with E-state index in [9.17, 15) is 4.79 Å². The van der Waals surface area contributed by atoms with E-state index in [1.165, 1.54) is 6.33 Å². The van der Waals surface area contributed by atoms with Crippen LogP contribution < -0.4 is 10.6 Å². The van der Waals surface area contributed by atoms with Gasteiger partial charge in [0.1, 0.15) is 17.0 Å². The number of rotatable bonds is 5. The highest BCUT2D eigenvalue weighted by Crippen LogP contribution is 2.34. The summed E-state index contributed by atoms with van der Waals surface area (Å²) in [5, 5.41) is 7.04. The molecule has 0 bridgehead atoms. The van der Waals surface area contributed by atoms with Crippen LogP contribution in [0.5, 0.6) is 0 Å². The molecule has 0 atom stereocenters. The molecule has 1 aromatic carbocycles. The minimum Gasteiger partial charge on any atom is -0.360 e. The second-order valence-electron chi connectivity index (χ2n) is 5.61. The molecule has 2 N–H and O–H groups in total. The van der Waals surface area contributed by atoms with E-state index in [0.29, 0.717) is 11.9 Å². The number of anilines is 1. The van der Waals surface area contributed by atoms with Gasteiger partial charge < -0.3 is 10.6 Å². The Morgan fingerprint density at radius 2 is 2.04 bits per heavy atom. The van der Waals surface area contributed by atoms with Crippen molar-refractivity contribution < 1.29 is 4.79 Å². The summed E-state index contributed by atoms with van der Waals surface area (Å²) < 4.78 is 0. The van der Waals surface area contributed by atoms with E-state index in [4.69, 9.17) is 0 Å². The zero-order valence-electron chi connectivity index (χ0n) is 12.5. The molecule has 4 rings (SSSR count). The fourth-order valence-corrected chi connectivity index (χ4v) is 3.42. The number of carbonyl (C=O) groups excluding carboxylic acids is 1. The summed E-state index contributed by atoms with van der Waals surface area (Å²) in [5.41, 5.74) is 1.16. The third kappa shape index (κ3) is 3.17. The Labute approximate surface area is 137 Å². The maximum atomic E-state index is 11.8. The van der Waals surface area contributed by atoms with Gasteiger partial charge in [0, 0.05) is 10.9 Å². The van der Waals surface area contributed by atoms with Crippen LogP contribution in [0.1, 0.15) is 12.8 Å². The van der Waals surface area contributed by atoms with E-state index < -0.39 is 0 Å². The lowest BCUT2D eigenvalue weighted by Crippen LogP contribution is -2.31. The number of nitrogens with zero attached hydrogens (tertiary/aromatic N) is 2. The van der Waals surface area contributed by atoms with Gasteiger partial charge in [-0.25, -0.2) is 9.97 Å². The molecule has 2 aromatic heterocycles. The van der Waals surface area contributed by atoms with Crippen LogP contribution in [0, 0.1) is 0 Å². The molecule has 23 heavy (non-hydrogen) atoms. The van der Waals surface area contributed by atoms with Crippen LogP contribution in [-0.2, 0) is 4.79 Å². The highest BCUT2D eigenvalue weighted by molar-refractivity contribution is 7.21. The van der Waals surface area contributed by atoms with Crippen molar-refractivity contribution in [1.82, 2.24) is 15.3 Å². The Morgan fingerprint density at radius 3 is 2.83 bits per heavy atom. The van der Waals surface area contributed by atoms with Crippen molar-refractivity contribution in [2.24, 2.45) is 0 Å². The standard InChI is InChI=1S/C17H16N4OS/c22-15(21-12-6-7-12)9-18-16-13-8-14(11-4-2-1-3-5-11)23-17(13)20-10-19-16/h1-5,8,10,12H,6-7,9H2,(H,21,22)(H,18,19,20). The number of amides is 1. The van der Waals surface area contributed by atoms with Gasteiger partial charge in [0.15, 0.2) is 0 Å². The second kappa shape index (κ2) is 5.96. The lowest BCUT2D eigenvalue weighted by Gasteiger charge is -2.06. The molecule has 1 fully saturated rings. The molecule has 1 aliphatic carbocycles. The fraction of sp³-hybridized carbons (Fsp3) is 0.235. The topological polar surface area (TPSA) is 66.9 Å². The first kappa shape index (κ1) is 14.1. The average molecular weight is 324 g/mol. The molecule has 0 radical (unpaired) electrons. The monoisotopic (exact) mass is 324 g/mol. The molecule has 116 valence electrons. The molecule has 0 aliphatic heterocycles. The maximum absolute atomic E-state index is 11.8. The van der Waals surface area contributed by atoms with Crippen molar-refractivity contribution in [2.45, 2.75) is 18.9 Å². The van der Waals surface area contributed by atoms with Crippen LogP contribution in [0.2, 0.25) is 0 Å². The Hall–Kier alpha value is -2.47. The van der Waals surface area contributed by atoms with E-state index >= 15 is 0 Å². The Balaban J connectivity index is 1.57. The van der Waals surface area contributed by atoms with Crippen LogP contribution in [0.15, 0.2) is 42.7 Å². The molecule has 0 unspecified atom stereocenters. The smallest absolute Gasteiger partial charge is 0.239 e. The Kier molecular flexibility index (Phi) is 3.67. The van der Waals surface area contributed by atoms with Gasteiger partial charge in [0.2, 0.25) is 5.91 Å². The molecular formula is C17H16N4OS. The van der Waals surface area contributed by atoms with Crippen molar-refractivity contribution in [2.75, 3.05) is 11.9 Å². The first-order chi connectivity index (χ1) is 11.3. The van der Waals surface area contributed by atoms with Gasteiger partial charge >= 0.3 is 0 Å². The molecule has 0 saturated heterocycles. The largest absolute Gasteiger partial charge is 0.360 e. The number of thiophene rings is 1. The molecule has 1 saturated carbocycles. The predicted octanol–water partition coefficient (Wildman–Crippen LogP) is 3.05. The van der Waals surface area contributed by atoms with Crippen LogP contribution in [0.3, 0.4) is 0 Å². The molecule has 3 aromatic rings. The van der Waals surface area contributed by atoms with Gasteiger partial charge in [-0.1, -0.05) is 30.3 Å². The van der Waals surface area contributed by atoms with Gasteiger partial charge in [-0.05, 0) is 24.5 Å². The summed E-state index contributed by atoms with van der Waals surface area (Å²) in [7, 11) is 0. The summed E-state index contributed by atoms with van der Waals surface area (Å²) >= 11 is 1.63. The van der Waals surface area contributed by atoms with Crippen LogP contribution in [-0.4, -0.2) is 28.5 Å². The van der Waals surface area contributed by atoms with Gasteiger partial charge in [0.25, 0.3) is 0 Å². The zero-order valence-corrected chi connectivity index (χ0v) is 13.3. The van der Waals surface area contributed by atoms with Crippen molar-refractivity contribution >= 4 is 33.3 Å². The SMILES string of the molecule is O=C(CNc1ncnc2sc(-c3ccccc3)cc12)NC1CC1. The fourth-order valence-electron chi connectivity index (χ4n) is 2.41. The van der Waals surface area contributed by atoms with Crippen molar-refractivity contribution in [3.8, 4) is 10.4 Å². The minimum atomic E-state index is 0.0118. The van der Waals surface area contributed by atoms with Crippen molar-refractivity contribution in [3.63, 3.8) is 0 Å². The number of nitrogens with one attached hydrogen (secondary N) is 2. The summed E-state index contributed by atoms with van der Waals surface area (Å²) in [6.07, 6.45) is 3.72. The Morgan fingerprint density at radius 1 is 1.22 bits per heavy atom. The van der Waals surface area contributed by atoms with E-state index in [2.05, 4.69) is 38.8 Å². The molecule has 5 nitrogen and oxygen atoms in total. The number of hydrogen-bond donors (Lipinski definition) is 2. The highest BCUT2D eigenvalue weighted by Gasteiger charge is 2.23. The normalized spacial score (nSPS) is 13.9. The van der Waals surface area contributed by atoms with Crippen LogP contribution in [0.4, 0.5) is 5.82 Å². The predicted molar refractivity (Wildman–Crippen MR) is 92.5 cm³/mol. The lowest BCUT2D eigenvalue weighted by molar-refractivity contribution is -0.119. The molecule has 2 heterocycles.